The van der Waals surface area contributed by atoms with Crippen molar-refractivity contribution in [2.75, 3.05) is 25.0 Å². The highest BCUT2D eigenvalue weighted by Crippen LogP contribution is 2.20. The first-order chi connectivity index (χ1) is 11.1. The summed E-state index contributed by atoms with van der Waals surface area (Å²) in [6.45, 7) is 10.6. The molecule has 1 aliphatic heterocycles. The van der Waals surface area contributed by atoms with Gasteiger partial charge < -0.3 is 5.32 Å². The summed E-state index contributed by atoms with van der Waals surface area (Å²) in [5.74, 6) is 1.43. The Hall–Kier alpha value is -1.94. The van der Waals surface area contributed by atoms with Gasteiger partial charge in [0.15, 0.2) is 0 Å². The highest BCUT2D eigenvalue weighted by Gasteiger charge is 2.22. The van der Waals surface area contributed by atoms with Crippen molar-refractivity contribution in [3.63, 3.8) is 0 Å². The van der Waals surface area contributed by atoms with Crippen LogP contribution >= 0.6 is 0 Å². The molecule has 23 heavy (non-hydrogen) atoms. The summed E-state index contributed by atoms with van der Waals surface area (Å²) in [6.07, 6.45) is 1.24. The summed E-state index contributed by atoms with van der Waals surface area (Å²) in [7, 11) is 0. The zero-order valence-electron chi connectivity index (χ0n) is 14.3. The quantitative estimate of drug-likeness (QED) is 0.919. The van der Waals surface area contributed by atoms with Crippen LogP contribution in [-0.2, 0) is 6.54 Å². The van der Waals surface area contributed by atoms with Gasteiger partial charge in [0.1, 0.15) is 0 Å². The molecule has 0 aliphatic carbocycles. The van der Waals surface area contributed by atoms with Gasteiger partial charge in [-0.3, -0.25) is 4.90 Å². The van der Waals surface area contributed by atoms with Crippen molar-refractivity contribution in [2.45, 2.75) is 33.7 Å². The molecule has 0 spiro atoms. The molecule has 122 valence electrons. The number of aromatic nitrogens is 2. The lowest BCUT2D eigenvalue weighted by Gasteiger charge is -2.17. The molecule has 0 amide bonds. The summed E-state index contributed by atoms with van der Waals surface area (Å²) >= 11 is 0. The molecule has 4 nitrogen and oxygen atoms in total. The topological polar surface area (TPSA) is 41.1 Å². The van der Waals surface area contributed by atoms with Crippen molar-refractivity contribution >= 4 is 5.95 Å². The van der Waals surface area contributed by atoms with Crippen molar-refractivity contribution in [1.82, 2.24) is 14.9 Å². The van der Waals surface area contributed by atoms with E-state index in [1.165, 1.54) is 24.1 Å². The van der Waals surface area contributed by atoms with E-state index in [2.05, 4.69) is 51.4 Å². The Kier molecular flexibility index (Phi) is 4.91. The molecule has 1 saturated heterocycles. The molecular formula is C19H26N4. The highest BCUT2D eigenvalue weighted by atomic mass is 15.2. The van der Waals surface area contributed by atoms with Crippen LogP contribution in [0.4, 0.5) is 5.95 Å². The molecule has 0 saturated carbocycles. The van der Waals surface area contributed by atoms with Gasteiger partial charge in [-0.2, -0.15) is 0 Å². The van der Waals surface area contributed by atoms with Crippen LogP contribution in [0, 0.1) is 26.7 Å². The normalized spacial score (nSPS) is 18.3. The van der Waals surface area contributed by atoms with Gasteiger partial charge in [0, 0.05) is 31.0 Å². The van der Waals surface area contributed by atoms with Crippen LogP contribution in [-0.4, -0.2) is 34.5 Å². The Balaban J connectivity index is 1.51. The number of hydrogen-bond acceptors (Lipinski definition) is 4. The van der Waals surface area contributed by atoms with E-state index in [0.717, 1.165) is 37.0 Å². The Morgan fingerprint density at radius 1 is 1.13 bits per heavy atom. The van der Waals surface area contributed by atoms with Crippen LogP contribution < -0.4 is 5.32 Å². The average molecular weight is 310 g/mol. The van der Waals surface area contributed by atoms with Crippen LogP contribution in [0.2, 0.25) is 0 Å². The van der Waals surface area contributed by atoms with Gasteiger partial charge in [0.05, 0.1) is 0 Å². The van der Waals surface area contributed by atoms with E-state index in [1.54, 1.807) is 0 Å². The number of likely N-dealkylation sites (tertiary alicyclic amines) is 1. The Morgan fingerprint density at radius 3 is 2.61 bits per heavy atom. The first-order valence-corrected chi connectivity index (χ1v) is 8.43. The van der Waals surface area contributed by atoms with Crippen molar-refractivity contribution in [2.24, 2.45) is 5.92 Å². The molecule has 1 fully saturated rings. The van der Waals surface area contributed by atoms with E-state index in [1.807, 2.05) is 19.9 Å². The molecule has 1 N–H and O–H groups in total. The second-order valence-electron chi connectivity index (χ2n) is 6.67. The third kappa shape index (κ3) is 4.29. The molecule has 2 aromatic rings. The number of anilines is 1. The van der Waals surface area contributed by atoms with Crippen molar-refractivity contribution < 1.29 is 0 Å². The van der Waals surface area contributed by atoms with Gasteiger partial charge in [-0.05, 0) is 56.8 Å². The fourth-order valence-electron chi connectivity index (χ4n) is 3.29. The molecule has 0 radical (unpaired) electrons. The Bertz CT molecular complexity index is 648. The molecule has 1 atom stereocenters. The first-order valence-electron chi connectivity index (χ1n) is 8.43. The zero-order valence-corrected chi connectivity index (χ0v) is 14.3. The van der Waals surface area contributed by atoms with Crippen LogP contribution in [0.3, 0.4) is 0 Å². The minimum Gasteiger partial charge on any atom is -0.354 e. The maximum atomic E-state index is 4.46. The number of aryl methyl sites for hydroxylation is 3. The maximum absolute atomic E-state index is 4.46. The molecule has 1 aliphatic rings. The summed E-state index contributed by atoms with van der Waals surface area (Å²) in [6, 6.07) is 10.7. The number of nitrogens with one attached hydrogen (secondary N) is 1. The number of nitrogens with zero attached hydrogens (tertiary/aromatic N) is 3. The van der Waals surface area contributed by atoms with Crippen LogP contribution in [0.1, 0.15) is 28.9 Å². The van der Waals surface area contributed by atoms with Gasteiger partial charge in [0.2, 0.25) is 5.95 Å². The second kappa shape index (κ2) is 7.09. The zero-order chi connectivity index (χ0) is 16.2. The summed E-state index contributed by atoms with van der Waals surface area (Å²) in [5, 5.41) is 3.42. The Labute approximate surface area is 139 Å². The number of hydrogen-bond donors (Lipinski definition) is 1. The third-order valence-corrected chi connectivity index (χ3v) is 4.56. The van der Waals surface area contributed by atoms with E-state index < -0.39 is 0 Å². The number of rotatable bonds is 5. The van der Waals surface area contributed by atoms with E-state index in [9.17, 15) is 0 Å². The predicted octanol–water partition coefficient (Wildman–Crippen LogP) is 3.34. The largest absolute Gasteiger partial charge is 0.354 e. The molecule has 2 heterocycles. The summed E-state index contributed by atoms with van der Waals surface area (Å²) in [4.78, 5) is 11.5. The van der Waals surface area contributed by atoms with Crippen LogP contribution in [0.25, 0.3) is 0 Å². The molecular weight excluding hydrogens is 284 g/mol. The van der Waals surface area contributed by atoms with Crippen LogP contribution in [0.5, 0.6) is 0 Å². The molecule has 1 aromatic carbocycles. The molecule has 4 heteroatoms. The Morgan fingerprint density at radius 2 is 1.87 bits per heavy atom. The van der Waals surface area contributed by atoms with Gasteiger partial charge in [-0.1, -0.05) is 24.3 Å². The standard InChI is InChI=1S/C19H26N4/c1-14-6-4-5-7-18(14)13-23-9-8-17(12-23)11-20-19-21-15(2)10-16(3)22-19/h4-7,10,17H,8-9,11-13H2,1-3H3,(H,20,21,22). The monoisotopic (exact) mass is 310 g/mol. The molecule has 1 unspecified atom stereocenters. The summed E-state index contributed by atoms with van der Waals surface area (Å²) < 4.78 is 0. The van der Waals surface area contributed by atoms with Gasteiger partial charge >= 0.3 is 0 Å². The smallest absolute Gasteiger partial charge is 0.223 e. The molecule has 3 rings (SSSR count). The molecule has 1 aromatic heterocycles. The van der Waals surface area contributed by atoms with Crippen molar-refractivity contribution in [3.05, 3.63) is 52.8 Å². The SMILES string of the molecule is Cc1cc(C)nc(NCC2CCN(Cc3ccccc3C)C2)n1. The fraction of sp³-hybridized carbons (Fsp3) is 0.474. The predicted molar refractivity (Wildman–Crippen MR) is 94.6 cm³/mol. The van der Waals surface area contributed by atoms with E-state index in [-0.39, 0.29) is 0 Å². The van der Waals surface area contributed by atoms with E-state index >= 15 is 0 Å². The average Bonchev–Trinajstić information content (AvgIpc) is 2.94. The lowest BCUT2D eigenvalue weighted by Crippen LogP contribution is -2.23. The lowest BCUT2D eigenvalue weighted by atomic mass is 10.1. The minimum atomic E-state index is 0.670. The third-order valence-electron chi connectivity index (χ3n) is 4.56. The van der Waals surface area contributed by atoms with Gasteiger partial charge in [0.25, 0.3) is 0 Å². The highest BCUT2D eigenvalue weighted by molar-refractivity contribution is 5.28. The first kappa shape index (κ1) is 15.9. The van der Waals surface area contributed by atoms with Crippen molar-refractivity contribution in [1.29, 1.82) is 0 Å². The molecule has 0 bridgehead atoms. The van der Waals surface area contributed by atoms with Crippen LogP contribution in [0.15, 0.2) is 30.3 Å². The lowest BCUT2D eigenvalue weighted by molar-refractivity contribution is 0.318. The maximum Gasteiger partial charge on any atom is 0.223 e. The van der Waals surface area contributed by atoms with Gasteiger partial charge in [-0.15, -0.1) is 0 Å². The van der Waals surface area contributed by atoms with Gasteiger partial charge in [-0.25, -0.2) is 9.97 Å². The summed E-state index contributed by atoms with van der Waals surface area (Å²) in [5.41, 5.74) is 4.87. The van der Waals surface area contributed by atoms with E-state index in [4.69, 9.17) is 0 Å². The second-order valence-corrected chi connectivity index (χ2v) is 6.67. The van der Waals surface area contributed by atoms with E-state index in [0.29, 0.717) is 5.92 Å². The number of benzene rings is 1. The fourth-order valence-corrected chi connectivity index (χ4v) is 3.29. The minimum absolute atomic E-state index is 0.670. The van der Waals surface area contributed by atoms with Crippen molar-refractivity contribution in [3.8, 4) is 0 Å².